The Balaban J connectivity index is 3.78. The van der Waals surface area contributed by atoms with Gasteiger partial charge in [0.25, 0.3) is 0 Å². The first kappa shape index (κ1) is 11.7. The van der Waals surface area contributed by atoms with Crippen molar-refractivity contribution >= 4 is 12.2 Å². The van der Waals surface area contributed by atoms with Crippen LogP contribution in [0.5, 0.6) is 0 Å². The molecule has 0 aliphatic carbocycles. The maximum absolute atomic E-state index is 9.93. The summed E-state index contributed by atoms with van der Waals surface area (Å²) < 4.78 is 5.16. The molecular formula is C8H12N2O3. The fraction of sp³-hybridized carbons (Fsp3) is 0.750. The molecule has 0 aliphatic heterocycles. The molecule has 5 nitrogen and oxygen atoms in total. The molecule has 13 heavy (non-hydrogen) atoms. The highest BCUT2D eigenvalue weighted by Gasteiger charge is 2.04. The first-order chi connectivity index (χ1) is 6.35. The van der Waals surface area contributed by atoms with E-state index in [9.17, 15) is 9.59 Å². The van der Waals surface area contributed by atoms with Crippen LogP contribution in [0.4, 0.5) is 0 Å². The normalized spacial score (nSPS) is 11.2. The van der Waals surface area contributed by atoms with Crippen LogP contribution in [-0.2, 0) is 14.3 Å². The predicted octanol–water partition coefficient (Wildman–Crippen LogP) is 0.801. The number of isocyanates is 2. The van der Waals surface area contributed by atoms with Crippen LogP contribution in [0.3, 0.4) is 0 Å². The van der Waals surface area contributed by atoms with Gasteiger partial charge in [-0.3, -0.25) is 0 Å². The summed E-state index contributed by atoms with van der Waals surface area (Å²) in [6.07, 6.45) is 3.54. The van der Waals surface area contributed by atoms with E-state index in [1.807, 2.05) is 6.92 Å². The molecule has 0 amide bonds. The zero-order valence-electron chi connectivity index (χ0n) is 7.52. The molecule has 0 N–H and O–H groups in total. The van der Waals surface area contributed by atoms with Crippen molar-refractivity contribution in [2.75, 3.05) is 13.2 Å². The van der Waals surface area contributed by atoms with Crippen molar-refractivity contribution in [2.45, 2.75) is 26.0 Å². The van der Waals surface area contributed by atoms with Gasteiger partial charge in [-0.25, -0.2) is 14.6 Å². The molecule has 0 saturated carbocycles. The van der Waals surface area contributed by atoms with Gasteiger partial charge in [0.05, 0.1) is 6.54 Å². The van der Waals surface area contributed by atoms with Crippen LogP contribution in [0.25, 0.3) is 0 Å². The maximum atomic E-state index is 9.93. The van der Waals surface area contributed by atoms with Crippen molar-refractivity contribution in [3.63, 3.8) is 0 Å². The fourth-order valence-corrected chi connectivity index (χ4v) is 0.718. The Hall–Kier alpha value is -1.28. The molecule has 0 fully saturated rings. The third kappa shape index (κ3) is 7.09. The van der Waals surface area contributed by atoms with Crippen molar-refractivity contribution < 1.29 is 14.3 Å². The molecule has 0 bridgehead atoms. The van der Waals surface area contributed by atoms with Crippen molar-refractivity contribution in [3.05, 3.63) is 0 Å². The van der Waals surface area contributed by atoms with Crippen LogP contribution in [-0.4, -0.2) is 31.5 Å². The van der Waals surface area contributed by atoms with Crippen LogP contribution in [0.15, 0.2) is 9.98 Å². The average molecular weight is 184 g/mol. The standard InChI is InChI=1S/C8H12N2O3/c1-2-5-13-8(10-7-12)3-4-9-6-11/h8H,2-5H2,1H3. The van der Waals surface area contributed by atoms with E-state index < -0.39 is 6.23 Å². The minimum atomic E-state index is -0.533. The first-order valence-electron chi connectivity index (χ1n) is 4.07. The Morgan fingerprint density at radius 1 is 1.38 bits per heavy atom. The van der Waals surface area contributed by atoms with Gasteiger partial charge in [-0.1, -0.05) is 6.92 Å². The van der Waals surface area contributed by atoms with Crippen LogP contribution in [0.1, 0.15) is 19.8 Å². The lowest BCUT2D eigenvalue weighted by molar-refractivity contribution is 0.0560. The van der Waals surface area contributed by atoms with Crippen LogP contribution in [0, 0.1) is 0 Å². The molecule has 0 rings (SSSR count). The summed E-state index contributed by atoms with van der Waals surface area (Å²) in [6.45, 7) is 2.75. The Labute approximate surface area is 76.5 Å². The third-order valence-electron chi connectivity index (χ3n) is 1.26. The Bertz CT molecular complexity index is 217. The van der Waals surface area contributed by atoms with E-state index in [0.717, 1.165) is 6.42 Å². The summed E-state index contributed by atoms with van der Waals surface area (Å²) in [5.74, 6) is 0. The largest absolute Gasteiger partial charge is 0.356 e. The van der Waals surface area contributed by atoms with Crippen molar-refractivity contribution in [1.29, 1.82) is 0 Å². The summed E-state index contributed by atoms with van der Waals surface area (Å²) in [6, 6.07) is 0. The van der Waals surface area contributed by atoms with Crippen molar-refractivity contribution in [1.82, 2.24) is 0 Å². The topological polar surface area (TPSA) is 68.1 Å². The first-order valence-corrected chi connectivity index (χ1v) is 4.07. The average Bonchev–Trinajstić information content (AvgIpc) is 2.14. The zero-order valence-corrected chi connectivity index (χ0v) is 7.52. The lowest BCUT2D eigenvalue weighted by Gasteiger charge is -2.08. The minimum Gasteiger partial charge on any atom is -0.356 e. The summed E-state index contributed by atoms with van der Waals surface area (Å²) >= 11 is 0. The minimum absolute atomic E-state index is 0.267. The number of rotatable bonds is 7. The summed E-state index contributed by atoms with van der Waals surface area (Å²) in [4.78, 5) is 26.4. The van der Waals surface area contributed by atoms with Gasteiger partial charge in [-0.2, -0.15) is 4.99 Å². The molecule has 0 heterocycles. The van der Waals surface area contributed by atoms with Gasteiger partial charge in [-0.15, -0.1) is 0 Å². The van der Waals surface area contributed by atoms with Gasteiger partial charge in [0, 0.05) is 13.0 Å². The molecule has 0 aromatic heterocycles. The maximum Gasteiger partial charge on any atom is 0.237 e. The Kier molecular flexibility index (Phi) is 7.95. The van der Waals surface area contributed by atoms with Gasteiger partial charge in [0.2, 0.25) is 12.2 Å². The quantitative estimate of drug-likeness (QED) is 0.434. The number of aliphatic imine (C=N–C) groups is 2. The second kappa shape index (κ2) is 8.81. The van der Waals surface area contributed by atoms with Crippen molar-refractivity contribution in [2.24, 2.45) is 9.98 Å². The highest BCUT2D eigenvalue weighted by atomic mass is 16.5. The van der Waals surface area contributed by atoms with Crippen LogP contribution < -0.4 is 0 Å². The molecule has 0 saturated heterocycles. The Morgan fingerprint density at radius 3 is 2.69 bits per heavy atom. The summed E-state index contributed by atoms with van der Waals surface area (Å²) in [5, 5.41) is 0. The number of ether oxygens (including phenoxy) is 1. The van der Waals surface area contributed by atoms with Crippen molar-refractivity contribution in [3.8, 4) is 0 Å². The third-order valence-corrected chi connectivity index (χ3v) is 1.26. The monoisotopic (exact) mass is 184 g/mol. The van der Waals surface area contributed by atoms with E-state index in [0.29, 0.717) is 13.0 Å². The predicted molar refractivity (Wildman–Crippen MR) is 45.8 cm³/mol. The molecule has 0 radical (unpaired) electrons. The molecule has 0 aliphatic rings. The second-order valence-corrected chi connectivity index (χ2v) is 2.31. The Morgan fingerprint density at radius 2 is 2.15 bits per heavy atom. The number of hydrogen-bond acceptors (Lipinski definition) is 5. The van der Waals surface area contributed by atoms with Crippen LogP contribution >= 0.6 is 0 Å². The van der Waals surface area contributed by atoms with Gasteiger partial charge in [-0.05, 0) is 6.42 Å². The van der Waals surface area contributed by atoms with Gasteiger partial charge < -0.3 is 4.74 Å². The van der Waals surface area contributed by atoms with E-state index in [-0.39, 0.29) is 6.54 Å². The van der Waals surface area contributed by atoms with Gasteiger partial charge >= 0.3 is 0 Å². The van der Waals surface area contributed by atoms with E-state index in [4.69, 9.17) is 4.74 Å². The smallest absolute Gasteiger partial charge is 0.237 e. The number of nitrogens with zero attached hydrogens (tertiary/aromatic N) is 2. The van der Waals surface area contributed by atoms with E-state index in [1.165, 1.54) is 12.2 Å². The second-order valence-electron chi connectivity index (χ2n) is 2.31. The molecular weight excluding hydrogens is 172 g/mol. The molecule has 0 aromatic carbocycles. The molecule has 72 valence electrons. The van der Waals surface area contributed by atoms with Gasteiger partial charge in [0.1, 0.15) is 0 Å². The molecule has 1 unspecified atom stereocenters. The lowest BCUT2D eigenvalue weighted by atomic mass is 10.4. The number of hydrogen-bond donors (Lipinski definition) is 0. The molecule has 0 aromatic rings. The molecule has 1 atom stereocenters. The fourth-order valence-electron chi connectivity index (χ4n) is 0.718. The SMILES string of the molecule is CCCOC(CCN=C=O)N=C=O. The van der Waals surface area contributed by atoms with E-state index in [2.05, 4.69) is 9.98 Å². The highest BCUT2D eigenvalue weighted by Crippen LogP contribution is 2.00. The summed E-state index contributed by atoms with van der Waals surface area (Å²) in [7, 11) is 0. The zero-order chi connectivity index (χ0) is 9.94. The molecule has 0 spiro atoms. The van der Waals surface area contributed by atoms with E-state index in [1.54, 1.807) is 0 Å². The highest BCUT2D eigenvalue weighted by molar-refractivity contribution is 5.33. The number of carbonyl (C=O) groups excluding carboxylic acids is 2. The molecule has 5 heteroatoms. The summed E-state index contributed by atoms with van der Waals surface area (Å²) in [5.41, 5.74) is 0. The van der Waals surface area contributed by atoms with E-state index >= 15 is 0 Å². The van der Waals surface area contributed by atoms with Crippen LogP contribution in [0.2, 0.25) is 0 Å². The lowest BCUT2D eigenvalue weighted by Crippen LogP contribution is -2.11. The van der Waals surface area contributed by atoms with Gasteiger partial charge in [0.15, 0.2) is 6.23 Å².